The summed E-state index contributed by atoms with van der Waals surface area (Å²) >= 11 is 7.72. The highest BCUT2D eigenvalue weighted by Gasteiger charge is 2.22. The van der Waals surface area contributed by atoms with E-state index in [1.54, 1.807) is 23.3 Å². The predicted molar refractivity (Wildman–Crippen MR) is 101 cm³/mol. The molecule has 136 valence electrons. The largest absolute Gasteiger partial charge is 0.467 e. The predicted octanol–water partition coefficient (Wildman–Crippen LogP) is 4.24. The maximum absolute atomic E-state index is 13.1. The van der Waals surface area contributed by atoms with E-state index in [0.29, 0.717) is 12.3 Å². The minimum atomic E-state index is -3.45. The van der Waals surface area contributed by atoms with Gasteiger partial charge in [-0.2, -0.15) is 0 Å². The minimum absolute atomic E-state index is 0.0549. The van der Waals surface area contributed by atoms with Gasteiger partial charge in [-0.3, -0.25) is 4.79 Å². The molecule has 5 nitrogen and oxygen atoms in total. The number of carbonyl (C=O) groups is 1. The molecule has 1 amide bonds. The maximum Gasteiger partial charge on any atom is 0.256 e. The smallest absolute Gasteiger partial charge is 0.256 e. The summed E-state index contributed by atoms with van der Waals surface area (Å²) in [6, 6.07) is 11.5. The molecule has 0 bridgehead atoms. The van der Waals surface area contributed by atoms with Gasteiger partial charge in [0, 0.05) is 11.1 Å². The molecule has 0 fully saturated rings. The van der Waals surface area contributed by atoms with Gasteiger partial charge >= 0.3 is 0 Å². The van der Waals surface area contributed by atoms with Crippen LogP contribution in [-0.4, -0.2) is 25.5 Å². The summed E-state index contributed by atoms with van der Waals surface area (Å²) in [4.78, 5) is 15.7. The molecule has 26 heavy (non-hydrogen) atoms. The summed E-state index contributed by atoms with van der Waals surface area (Å²) in [5.74, 6) is 0.274. The standard InChI is InChI=1S/C18H16ClNO4S2/c1-26(22,23)15-6-7-17(19)16(10-15)18(21)20(11-13-4-2-8-24-13)12-14-5-3-9-25-14/h2-10H,11-12H2,1H3. The van der Waals surface area contributed by atoms with E-state index in [0.717, 1.165) is 11.1 Å². The quantitative estimate of drug-likeness (QED) is 0.610. The van der Waals surface area contributed by atoms with Gasteiger partial charge in [-0.1, -0.05) is 17.7 Å². The highest BCUT2D eigenvalue weighted by molar-refractivity contribution is 7.90. The molecule has 0 spiro atoms. The van der Waals surface area contributed by atoms with Crippen molar-refractivity contribution in [2.75, 3.05) is 6.26 Å². The van der Waals surface area contributed by atoms with Crippen LogP contribution in [0.4, 0.5) is 0 Å². The fraction of sp³-hybridized carbons (Fsp3) is 0.167. The molecule has 0 aliphatic rings. The van der Waals surface area contributed by atoms with Crippen LogP contribution in [0.5, 0.6) is 0 Å². The molecule has 0 N–H and O–H groups in total. The average Bonchev–Trinajstić information content (AvgIpc) is 3.27. The number of hydrogen-bond donors (Lipinski definition) is 0. The molecule has 0 radical (unpaired) electrons. The number of halogens is 1. The number of amides is 1. The Morgan fingerprint density at radius 2 is 2.00 bits per heavy atom. The number of carbonyl (C=O) groups excluding carboxylic acids is 1. The van der Waals surface area contributed by atoms with Gasteiger partial charge in [-0.25, -0.2) is 8.42 Å². The van der Waals surface area contributed by atoms with Crippen molar-refractivity contribution < 1.29 is 17.6 Å². The molecule has 1 aromatic carbocycles. The van der Waals surface area contributed by atoms with Gasteiger partial charge in [-0.15, -0.1) is 11.3 Å². The SMILES string of the molecule is CS(=O)(=O)c1ccc(Cl)c(C(=O)N(Cc2ccco2)Cc2cccs2)c1. The van der Waals surface area contributed by atoms with Crippen LogP contribution in [0.1, 0.15) is 21.0 Å². The summed E-state index contributed by atoms with van der Waals surface area (Å²) in [5, 5.41) is 2.14. The van der Waals surface area contributed by atoms with Gasteiger partial charge < -0.3 is 9.32 Å². The third-order valence-corrected chi connectivity index (χ3v) is 6.04. The highest BCUT2D eigenvalue weighted by Crippen LogP contribution is 2.24. The Bertz CT molecular complexity index is 960. The second-order valence-corrected chi connectivity index (χ2v) is 9.19. The first-order valence-corrected chi connectivity index (χ1v) is 10.8. The van der Waals surface area contributed by atoms with E-state index in [4.69, 9.17) is 16.0 Å². The lowest BCUT2D eigenvalue weighted by molar-refractivity contribution is 0.0719. The van der Waals surface area contributed by atoms with E-state index in [1.807, 2.05) is 17.5 Å². The third kappa shape index (κ3) is 4.35. The van der Waals surface area contributed by atoms with Crippen molar-refractivity contribution in [2.45, 2.75) is 18.0 Å². The van der Waals surface area contributed by atoms with Crippen LogP contribution in [0.3, 0.4) is 0 Å². The van der Waals surface area contributed by atoms with Crippen LogP contribution in [0.25, 0.3) is 0 Å². The fourth-order valence-corrected chi connectivity index (χ4v) is 4.02. The highest BCUT2D eigenvalue weighted by atomic mass is 35.5. The molecule has 0 aliphatic carbocycles. The molecule has 0 aliphatic heterocycles. The van der Waals surface area contributed by atoms with Gasteiger partial charge in [0.15, 0.2) is 9.84 Å². The molecular weight excluding hydrogens is 394 g/mol. The molecule has 0 unspecified atom stereocenters. The van der Waals surface area contributed by atoms with Crippen LogP contribution in [0.2, 0.25) is 5.02 Å². The zero-order valence-corrected chi connectivity index (χ0v) is 16.3. The Labute approximate surface area is 160 Å². The van der Waals surface area contributed by atoms with Crippen LogP contribution in [0, 0.1) is 0 Å². The number of nitrogens with zero attached hydrogens (tertiary/aromatic N) is 1. The van der Waals surface area contributed by atoms with Crippen molar-refractivity contribution in [2.24, 2.45) is 0 Å². The summed E-state index contributed by atoms with van der Waals surface area (Å²) in [6.45, 7) is 0.625. The van der Waals surface area contributed by atoms with E-state index in [9.17, 15) is 13.2 Å². The van der Waals surface area contributed by atoms with E-state index in [-0.39, 0.29) is 27.9 Å². The van der Waals surface area contributed by atoms with Crippen LogP contribution >= 0.6 is 22.9 Å². The first kappa shape index (κ1) is 18.7. The van der Waals surface area contributed by atoms with E-state index >= 15 is 0 Å². The lowest BCUT2D eigenvalue weighted by Gasteiger charge is -2.22. The lowest BCUT2D eigenvalue weighted by atomic mass is 10.2. The van der Waals surface area contributed by atoms with Crippen molar-refractivity contribution in [3.8, 4) is 0 Å². The molecular formula is C18H16ClNO4S2. The fourth-order valence-electron chi connectivity index (χ4n) is 2.45. The minimum Gasteiger partial charge on any atom is -0.467 e. The van der Waals surface area contributed by atoms with E-state index < -0.39 is 9.84 Å². The Morgan fingerprint density at radius 3 is 2.62 bits per heavy atom. The van der Waals surface area contributed by atoms with Gasteiger partial charge in [0.1, 0.15) is 5.76 Å². The number of furan rings is 1. The number of benzene rings is 1. The monoisotopic (exact) mass is 409 g/mol. The van der Waals surface area contributed by atoms with E-state index in [1.165, 1.54) is 29.5 Å². The third-order valence-electron chi connectivity index (χ3n) is 3.74. The van der Waals surface area contributed by atoms with Gasteiger partial charge in [0.25, 0.3) is 5.91 Å². The second-order valence-electron chi connectivity index (χ2n) is 5.73. The summed E-state index contributed by atoms with van der Waals surface area (Å²) in [6.07, 6.45) is 2.64. The van der Waals surface area contributed by atoms with Gasteiger partial charge in [0.05, 0.1) is 34.8 Å². The summed E-state index contributed by atoms with van der Waals surface area (Å²) in [5.41, 5.74) is 0.151. The molecule has 2 aromatic heterocycles. The normalized spacial score (nSPS) is 11.5. The molecule has 3 rings (SSSR count). The maximum atomic E-state index is 13.1. The number of thiophene rings is 1. The van der Waals surface area contributed by atoms with Gasteiger partial charge in [-0.05, 0) is 41.8 Å². The first-order valence-electron chi connectivity index (χ1n) is 7.68. The van der Waals surface area contributed by atoms with Crippen molar-refractivity contribution in [3.05, 3.63) is 75.3 Å². The number of sulfone groups is 1. The topological polar surface area (TPSA) is 67.6 Å². The zero-order chi connectivity index (χ0) is 18.7. The van der Waals surface area contributed by atoms with Crippen LogP contribution in [0.15, 0.2) is 63.4 Å². The van der Waals surface area contributed by atoms with E-state index in [2.05, 4.69) is 0 Å². The molecule has 2 heterocycles. The van der Waals surface area contributed by atoms with Crippen molar-refractivity contribution in [1.82, 2.24) is 4.90 Å². The summed E-state index contributed by atoms with van der Waals surface area (Å²) < 4.78 is 29.0. The zero-order valence-electron chi connectivity index (χ0n) is 13.9. The Kier molecular flexibility index (Phi) is 5.50. The molecule has 8 heteroatoms. The molecule has 0 saturated heterocycles. The Hall–Kier alpha value is -2.09. The average molecular weight is 410 g/mol. The number of rotatable bonds is 6. The molecule has 0 saturated carbocycles. The Balaban J connectivity index is 1.96. The summed E-state index contributed by atoms with van der Waals surface area (Å²) in [7, 11) is -3.45. The van der Waals surface area contributed by atoms with Crippen molar-refractivity contribution in [1.29, 1.82) is 0 Å². The number of hydrogen-bond acceptors (Lipinski definition) is 5. The van der Waals surface area contributed by atoms with Crippen molar-refractivity contribution in [3.63, 3.8) is 0 Å². The molecule has 0 atom stereocenters. The first-order chi connectivity index (χ1) is 12.3. The van der Waals surface area contributed by atoms with Crippen LogP contribution < -0.4 is 0 Å². The second kappa shape index (κ2) is 7.65. The Morgan fingerprint density at radius 1 is 1.19 bits per heavy atom. The lowest BCUT2D eigenvalue weighted by Crippen LogP contribution is -2.30. The van der Waals surface area contributed by atoms with Crippen LogP contribution in [-0.2, 0) is 22.9 Å². The molecule has 3 aromatic rings. The van der Waals surface area contributed by atoms with Gasteiger partial charge in [0.2, 0.25) is 0 Å². The van der Waals surface area contributed by atoms with Crippen molar-refractivity contribution >= 4 is 38.7 Å².